The molecule has 78 valence electrons. The first-order chi connectivity index (χ1) is 6.78. The van der Waals surface area contributed by atoms with E-state index in [1.54, 1.807) is 0 Å². The van der Waals surface area contributed by atoms with E-state index in [1.165, 1.54) is 0 Å². The first-order valence-electron chi connectivity index (χ1n) is 5.03. The van der Waals surface area contributed by atoms with Crippen LogP contribution in [0, 0.1) is 27.7 Å². The minimum Gasteiger partial charge on any atom is -0.302 e. The number of rotatable bonds is 9. The summed E-state index contributed by atoms with van der Waals surface area (Å²) >= 11 is 0. The van der Waals surface area contributed by atoms with Gasteiger partial charge >= 0.3 is 0 Å². The van der Waals surface area contributed by atoms with Crippen LogP contribution in [0.15, 0.2) is 0 Å². The molecule has 0 bridgehead atoms. The Kier molecular flexibility index (Phi) is 9.42. The van der Waals surface area contributed by atoms with Crippen LogP contribution in [-0.2, 0) is 0 Å². The molecule has 0 amide bonds. The molecule has 0 unspecified atom stereocenters. The SMILES string of the molecule is [CH]CCN(CC[CH])CCN(C[CH])C[CH]. The van der Waals surface area contributed by atoms with Crippen LogP contribution in [0.3, 0.4) is 0 Å². The predicted octanol–water partition coefficient (Wildman–Crippen LogP) is 1.21. The highest BCUT2D eigenvalue weighted by molar-refractivity contribution is 4.66. The normalized spacial score (nSPS) is 11.6. The molecule has 0 rings (SSSR count). The summed E-state index contributed by atoms with van der Waals surface area (Å²) in [5.41, 5.74) is 0. The summed E-state index contributed by atoms with van der Waals surface area (Å²) in [6.07, 6.45) is 1.32. The summed E-state index contributed by atoms with van der Waals surface area (Å²) in [5, 5.41) is 0. The molecule has 0 aliphatic carbocycles. The van der Waals surface area contributed by atoms with Gasteiger partial charge in [-0.2, -0.15) is 0 Å². The van der Waals surface area contributed by atoms with Crippen molar-refractivity contribution in [3.05, 3.63) is 27.7 Å². The second-order valence-electron chi connectivity index (χ2n) is 3.18. The summed E-state index contributed by atoms with van der Waals surface area (Å²) in [6.45, 7) is 26.5. The number of nitrogens with zero attached hydrogens (tertiary/aromatic N) is 2. The molecule has 0 aliphatic heterocycles. The third-order valence-corrected chi connectivity index (χ3v) is 2.14. The van der Waals surface area contributed by atoms with Gasteiger partial charge in [0, 0.05) is 26.2 Å². The molecule has 0 saturated heterocycles. The highest BCUT2D eigenvalue weighted by Gasteiger charge is 2.04. The highest BCUT2D eigenvalue weighted by atomic mass is 15.2. The molecule has 0 spiro atoms. The van der Waals surface area contributed by atoms with Crippen molar-refractivity contribution in [2.24, 2.45) is 0 Å². The molecule has 0 aliphatic rings. The van der Waals surface area contributed by atoms with E-state index in [4.69, 9.17) is 27.7 Å². The molecular formula is C12H20N2. The molecule has 0 aromatic rings. The van der Waals surface area contributed by atoms with Crippen molar-refractivity contribution in [1.82, 2.24) is 9.80 Å². The summed E-state index contributed by atoms with van der Waals surface area (Å²) in [7, 11) is 0. The fraction of sp³-hybridized carbons (Fsp3) is 0.667. The zero-order valence-electron chi connectivity index (χ0n) is 8.86. The van der Waals surface area contributed by atoms with Gasteiger partial charge < -0.3 is 9.80 Å². The molecule has 2 heteroatoms. The smallest absolute Gasteiger partial charge is 0.0110 e. The molecule has 14 heavy (non-hydrogen) atoms. The van der Waals surface area contributed by atoms with Gasteiger partial charge in [0.25, 0.3) is 0 Å². The Balaban J connectivity index is 3.67. The summed E-state index contributed by atoms with van der Waals surface area (Å²) in [5.74, 6) is 0. The van der Waals surface area contributed by atoms with E-state index < -0.39 is 0 Å². The van der Waals surface area contributed by atoms with Crippen LogP contribution in [0.4, 0.5) is 0 Å². The second-order valence-corrected chi connectivity index (χ2v) is 3.18. The van der Waals surface area contributed by atoms with Gasteiger partial charge in [-0.1, -0.05) is 0 Å². The van der Waals surface area contributed by atoms with Crippen molar-refractivity contribution in [3.63, 3.8) is 0 Å². The van der Waals surface area contributed by atoms with E-state index >= 15 is 0 Å². The van der Waals surface area contributed by atoms with Crippen molar-refractivity contribution in [3.8, 4) is 0 Å². The molecule has 0 aromatic carbocycles. The van der Waals surface area contributed by atoms with E-state index in [0.717, 1.165) is 26.2 Å². The maximum atomic E-state index is 5.50. The summed E-state index contributed by atoms with van der Waals surface area (Å²) in [6, 6.07) is 0. The molecule has 0 heterocycles. The lowest BCUT2D eigenvalue weighted by Crippen LogP contribution is -2.36. The quantitative estimate of drug-likeness (QED) is 0.542. The Morgan fingerprint density at radius 3 is 1.36 bits per heavy atom. The summed E-state index contributed by atoms with van der Waals surface area (Å²) in [4.78, 5) is 4.19. The van der Waals surface area contributed by atoms with Crippen LogP contribution < -0.4 is 0 Å². The van der Waals surface area contributed by atoms with Gasteiger partial charge in [-0.25, -0.2) is 0 Å². The van der Waals surface area contributed by atoms with E-state index in [1.807, 2.05) is 4.90 Å². The molecule has 0 saturated carbocycles. The lowest BCUT2D eigenvalue weighted by atomic mass is 10.3. The average molecular weight is 192 g/mol. The largest absolute Gasteiger partial charge is 0.302 e. The Bertz CT molecular complexity index is 105. The van der Waals surface area contributed by atoms with Crippen molar-refractivity contribution in [2.45, 2.75) is 12.8 Å². The monoisotopic (exact) mass is 192 g/mol. The van der Waals surface area contributed by atoms with E-state index in [2.05, 4.69) is 4.90 Å². The summed E-state index contributed by atoms with van der Waals surface area (Å²) < 4.78 is 0. The van der Waals surface area contributed by atoms with E-state index in [0.29, 0.717) is 25.9 Å². The predicted molar refractivity (Wildman–Crippen MR) is 59.3 cm³/mol. The maximum Gasteiger partial charge on any atom is 0.0110 e. The van der Waals surface area contributed by atoms with E-state index in [-0.39, 0.29) is 0 Å². The Labute approximate surface area is 90.3 Å². The van der Waals surface area contributed by atoms with Gasteiger partial charge in [0.15, 0.2) is 0 Å². The van der Waals surface area contributed by atoms with Crippen molar-refractivity contribution in [2.75, 3.05) is 39.3 Å². The lowest BCUT2D eigenvalue weighted by Gasteiger charge is -2.25. The van der Waals surface area contributed by atoms with Crippen molar-refractivity contribution in [1.29, 1.82) is 0 Å². The van der Waals surface area contributed by atoms with Crippen LogP contribution in [0.2, 0.25) is 0 Å². The van der Waals surface area contributed by atoms with Gasteiger partial charge in [-0.15, -0.1) is 0 Å². The number of hydrogen-bond donors (Lipinski definition) is 0. The third kappa shape index (κ3) is 6.39. The lowest BCUT2D eigenvalue weighted by molar-refractivity contribution is 0.228. The molecule has 8 radical (unpaired) electrons. The van der Waals surface area contributed by atoms with Gasteiger partial charge in [0.1, 0.15) is 0 Å². The van der Waals surface area contributed by atoms with Crippen LogP contribution in [-0.4, -0.2) is 49.1 Å². The molecule has 2 nitrogen and oxygen atoms in total. The van der Waals surface area contributed by atoms with Crippen LogP contribution in [0.5, 0.6) is 0 Å². The van der Waals surface area contributed by atoms with Crippen molar-refractivity contribution < 1.29 is 0 Å². The minimum absolute atomic E-state index is 0.496. The minimum atomic E-state index is 0.496. The van der Waals surface area contributed by atoms with Crippen LogP contribution in [0.25, 0.3) is 0 Å². The zero-order chi connectivity index (χ0) is 10.8. The first-order valence-corrected chi connectivity index (χ1v) is 5.03. The molecule has 0 N–H and O–H groups in total. The van der Waals surface area contributed by atoms with Crippen LogP contribution in [0.1, 0.15) is 12.8 Å². The molecule has 0 aromatic heterocycles. The molecule has 0 atom stereocenters. The van der Waals surface area contributed by atoms with Gasteiger partial charge in [0.05, 0.1) is 0 Å². The van der Waals surface area contributed by atoms with Crippen LogP contribution >= 0.6 is 0 Å². The Morgan fingerprint density at radius 2 is 1.00 bits per heavy atom. The molecular weight excluding hydrogens is 172 g/mol. The van der Waals surface area contributed by atoms with Gasteiger partial charge in [0.2, 0.25) is 0 Å². The van der Waals surface area contributed by atoms with Gasteiger partial charge in [-0.05, 0) is 53.6 Å². The standard InChI is InChI=1S/C12H20N2/c1-5-9-14(10-6-2)12-11-13(7-3)8-4/h1-4H,5-12H2. The topological polar surface area (TPSA) is 6.48 Å². The average Bonchev–Trinajstić information content (AvgIpc) is 2.20. The second kappa shape index (κ2) is 9.47. The van der Waals surface area contributed by atoms with Gasteiger partial charge in [-0.3, -0.25) is 0 Å². The zero-order valence-corrected chi connectivity index (χ0v) is 8.86. The fourth-order valence-electron chi connectivity index (χ4n) is 1.24. The van der Waals surface area contributed by atoms with E-state index in [9.17, 15) is 0 Å². The first kappa shape index (κ1) is 13.9. The number of hydrogen-bond acceptors (Lipinski definition) is 2. The highest BCUT2D eigenvalue weighted by Crippen LogP contribution is 1.95. The fourth-order valence-corrected chi connectivity index (χ4v) is 1.24. The van der Waals surface area contributed by atoms with Crippen molar-refractivity contribution >= 4 is 0 Å². The Hall–Kier alpha value is -0.0800. The molecule has 0 fully saturated rings. The maximum absolute atomic E-state index is 5.50. The Morgan fingerprint density at radius 1 is 0.571 bits per heavy atom. The third-order valence-electron chi connectivity index (χ3n) is 2.14.